The van der Waals surface area contributed by atoms with Crippen LogP contribution >= 0.6 is 11.6 Å². The monoisotopic (exact) mass is 344 g/mol. The van der Waals surface area contributed by atoms with Gasteiger partial charge in [0, 0.05) is 31.5 Å². The van der Waals surface area contributed by atoms with Gasteiger partial charge in [-0.3, -0.25) is 4.40 Å². The Balaban J connectivity index is 1.71. The lowest BCUT2D eigenvalue weighted by Gasteiger charge is -2.34. The second-order valence-corrected chi connectivity index (χ2v) is 6.36. The van der Waals surface area contributed by atoms with Crippen LogP contribution in [0.2, 0.25) is 5.02 Å². The van der Waals surface area contributed by atoms with E-state index >= 15 is 0 Å². The summed E-state index contributed by atoms with van der Waals surface area (Å²) in [7, 11) is 0. The van der Waals surface area contributed by atoms with Crippen LogP contribution in [-0.4, -0.2) is 49.7 Å². The number of hydrogen-bond donors (Lipinski definition) is 2. The van der Waals surface area contributed by atoms with Gasteiger partial charge < -0.3 is 15.7 Å². The fraction of sp³-hybridized carbons (Fsp3) is 0.312. The van der Waals surface area contributed by atoms with Gasteiger partial charge in [0.1, 0.15) is 17.2 Å². The van der Waals surface area contributed by atoms with Gasteiger partial charge in [-0.25, -0.2) is 15.0 Å². The summed E-state index contributed by atoms with van der Waals surface area (Å²) in [6.07, 6.45) is 5.42. The molecule has 4 heterocycles. The first-order valence-corrected chi connectivity index (χ1v) is 8.14. The summed E-state index contributed by atoms with van der Waals surface area (Å²) in [5.41, 5.74) is 7.52. The van der Waals surface area contributed by atoms with E-state index < -0.39 is 6.10 Å². The number of aromatic nitrogens is 4. The average Bonchev–Trinajstić information content (AvgIpc) is 3.00. The van der Waals surface area contributed by atoms with Crippen LogP contribution in [0, 0.1) is 0 Å². The summed E-state index contributed by atoms with van der Waals surface area (Å²) in [4.78, 5) is 15.4. The Morgan fingerprint density at radius 1 is 1.25 bits per heavy atom. The molecule has 2 atom stereocenters. The van der Waals surface area contributed by atoms with Crippen molar-refractivity contribution in [2.24, 2.45) is 5.73 Å². The third kappa shape index (κ3) is 2.71. The van der Waals surface area contributed by atoms with Crippen LogP contribution in [0.5, 0.6) is 0 Å². The van der Waals surface area contributed by atoms with Crippen molar-refractivity contribution < 1.29 is 5.11 Å². The fourth-order valence-electron chi connectivity index (χ4n) is 2.95. The van der Waals surface area contributed by atoms with Crippen molar-refractivity contribution in [1.29, 1.82) is 0 Å². The van der Waals surface area contributed by atoms with Crippen LogP contribution in [0.25, 0.3) is 17.2 Å². The zero-order chi connectivity index (χ0) is 16.7. The van der Waals surface area contributed by atoms with E-state index in [0.29, 0.717) is 30.4 Å². The molecule has 0 spiro atoms. The number of aliphatic hydroxyl groups is 1. The molecule has 124 valence electrons. The summed E-state index contributed by atoms with van der Waals surface area (Å²) < 4.78 is 1.87. The Morgan fingerprint density at radius 2 is 2.12 bits per heavy atom. The molecule has 1 aliphatic rings. The Labute approximate surface area is 143 Å². The molecule has 3 aromatic heterocycles. The summed E-state index contributed by atoms with van der Waals surface area (Å²) in [6, 6.07) is 5.22. The minimum absolute atomic E-state index is 0.272. The Morgan fingerprint density at radius 3 is 2.96 bits per heavy atom. The number of anilines is 1. The molecule has 4 rings (SSSR count). The molecule has 0 saturated carbocycles. The van der Waals surface area contributed by atoms with Crippen molar-refractivity contribution >= 4 is 23.1 Å². The quantitative estimate of drug-likeness (QED) is 0.729. The van der Waals surface area contributed by atoms with E-state index in [4.69, 9.17) is 17.3 Å². The van der Waals surface area contributed by atoms with Gasteiger partial charge in [-0.05, 0) is 24.6 Å². The average molecular weight is 345 g/mol. The molecule has 8 heteroatoms. The van der Waals surface area contributed by atoms with Gasteiger partial charge in [0.25, 0.3) is 0 Å². The van der Waals surface area contributed by atoms with E-state index in [1.54, 1.807) is 24.7 Å². The number of rotatable bonds is 2. The molecule has 1 saturated heterocycles. The maximum atomic E-state index is 9.78. The van der Waals surface area contributed by atoms with E-state index in [2.05, 4.69) is 19.9 Å². The predicted octanol–water partition coefficient (Wildman–Crippen LogP) is 1.34. The van der Waals surface area contributed by atoms with Crippen molar-refractivity contribution in [1.82, 2.24) is 19.4 Å². The van der Waals surface area contributed by atoms with E-state index in [-0.39, 0.29) is 6.04 Å². The minimum atomic E-state index is -0.455. The second-order valence-electron chi connectivity index (χ2n) is 5.92. The largest absolute Gasteiger partial charge is 0.391 e. The third-order valence-electron chi connectivity index (χ3n) is 4.28. The molecule has 1 fully saturated rings. The zero-order valence-electron chi connectivity index (χ0n) is 12.9. The van der Waals surface area contributed by atoms with Crippen molar-refractivity contribution in [3.05, 3.63) is 41.8 Å². The normalized spacial score (nSPS) is 21.4. The summed E-state index contributed by atoms with van der Waals surface area (Å²) in [6.45, 7) is 1.28. The first-order valence-electron chi connectivity index (χ1n) is 7.76. The Kier molecular flexibility index (Phi) is 3.84. The van der Waals surface area contributed by atoms with Gasteiger partial charge in [-0.1, -0.05) is 11.6 Å². The SMILES string of the molecule is N[C@H]1CN(c2ccnc(-c3cnc4ccc(Cl)cn34)n2)CC[C@H]1O. The molecule has 0 bridgehead atoms. The molecule has 0 radical (unpaired) electrons. The maximum Gasteiger partial charge on any atom is 0.180 e. The van der Waals surface area contributed by atoms with Crippen molar-refractivity contribution in [3.8, 4) is 11.5 Å². The number of aliphatic hydroxyl groups excluding tert-OH is 1. The van der Waals surface area contributed by atoms with Crippen LogP contribution in [0.1, 0.15) is 6.42 Å². The van der Waals surface area contributed by atoms with Gasteiger partial charge in [0.15, 0.2) is 5.82 Å². The molecule has 3 aromatic rings. The first kappa shape index (κ1) is 15.3. The van der Waals surface area contributed by atoms with Gasteiger partial charge in [-0.15, -0.1) is 0 Å². The lowest BCUT2D eigenvalue weighted by Crippen LogP contribution is -2.51. The topological polar surface area (TPSA) is 92.6 Å². The number of halogens is 1. The molecule has 0 aromatic carbocycles. The van der Waals surface area contributed by atoms with E-state index in [9.17, 15) is 5.11 Å². The highest BCUT2D eigenvalue weighted by Crippen LogP contribution is 2.23. The summed E-state index contributed by atoms with van der Waals surface area (Å²) in [5, 5.41) is 10.4. The van der Waals surface area contributed by atoms with Gasteiger partial charge in [-0.2, -0.15) is 0 Å². The lowest BCUT2D eigenvalue weighted by atomic mass is 10.0. The molecular formula is C16H17ClN6O. The fourth-order valence-corrected chi connectivity index (χ4v) is 3.11. The highest BCUT2D eigenvalue weighted by atomic mass is 35.5. The van der Waals surface area contributed by atoms with Gasteiger partial charge >= 0.3 is 0 Å². The standard InChI is InChI=1S/C16H17ClN6O/c17-10-1-2-14-20-7-12(23(14)8-10)16-19-5-3-15(21-16)22-6-4-13(24)11(18)9-22/h1-3,5,7-8,11,13,24H,4,6,9,18H2/t11-,13+/m0/s1. The van der Waals surface area contributed by atoms with Crippen molar-refractivity contribution in [2.75, 3.05) is 18.0 Å². The highest BCUT2D eigenvalue weighted by Gasteiger charge is 2.25. The number of imidazole rings is 1. The molecule has 7 nitrogen and oxygen atoms in total. The highest BCUT2D eigenvalue weighted by molar-refractivity contribution is 6.30. The number of nitrogens with zero attached hydrogens (tertiary/aromatic N) is 5. The van der Waals surface area contributed by atoms with E-state index in [0.717, 1.165) is 17.2 Å². The maximum absolute atomic E-state index is 9.78. The Hall–Kier alpha value is -2.22. The molecule has 3 N–H and O–H groups in total. The zero-order valence-corrected chi connectivity index (χ0v) is 13.6. The number of hydrogen-bond acceptors (Lipinski definition) is 6. The van der Waals surface area contributed by atoms with E-state index in [1.807, 2.05) is 16.5 Å². The molecule has 24 heavy (non-hydrogen) atoms. The molecule has 0 unspecified atom stereocenters. The predicted molar refractivity (Wildman–Crippen MR) is 92.0 cm³/mol. The summed E-state index contributed by atoms with van der Waals surface area (Å²) >= 11 is 6.08. The number of piperidine rings is 1. The molecule has 1 aliphatic heterocycles. The van der Waals surface area contributed by atoms with E-state index in [1.165, 1.54) is 0 Å². The molecule has 0 aliphatic carbocycles. The van der Waals surface area contributed by atoms with Crippen LogP contribution in [0.15, 0.2) is 36.8 Å². The number of fused-ring (bicyclic) bond motifs is 1. The van der Waals surface area contributed by atoms with Crippen molar-refractivity contribution in [3.63, 3.8) is 0 Å². The van der Waals surface area contributed by atoms with Crippen molar-refractivity contribution in [2.45, 2.75) is 18.6 Å². The van der Waals surface area contributed by atoms with Crippen LogP contribution in [0.4, 0.5) is 5.82 Å². The van der Waals surface area contributed by atoms with Crippen LogP contribution in [-0.2, 0) is 0 Å². The van der Waals surface area contributed by atoms with Gasteiger partial charge in [0.2, 0.25) is 0 Å². The lowest BCUT2D eigenvalue weighted by molar-refractivity contribution is 0.124. The molecular weight excluding hydrogens is 328 g/mol. The number of pyridine rings is 1. The van der Waals surface area contributed by atoms with Crippen LogP contribution in [0.3, 0.4) is 0 Å². The Bertz CT molecular complexity index is 882. The molecule has 0 amide bonds. The third-order valence-corrected chi connectivity index (χ3v) is 4.51. The second kappa shape index (κ2) is 6.01. The van der Waals surface area contributed by atoms with Crippen LogP contribution < -0.4 is 10.6 Å². The summed E-state index contributed by atoms with van der Waals surface area (Å²) in [5.74, 6) is 1.36. The smallest absolute Gasteiger partial charge is 0.180 e. The van der Waals surface area contributed by atoms with Gasteiger partial charge in [0.05, 0.1) is 17.3 Å². The number of nitrogens with two attached hydrogens (primary N) is 1. The minimum Gasteiger partial charge on any atom is -0.391 e. The first-order chi connectivity index (χ1) is 11.6.